The Bertz CT molecular complexity index is 1050. The predicted octanol–water partition coefficient (Wildman–Crippen LogP) is 2.57. The molecule has 32 heavy (non-hydrogen) atoms. The van der Waals surface area contributed by atoms with Crippen LogP contribution in [0.1, 0.15) is 24.1 Å². The van der Waals surface area contributed by atoms with Gasteiger partial charge in [0.05, 0.1) is 23.9 Å². The number of hydrogen-bond acceptors (Lipinski definition) is 3. The van der Waals surface area contributed by atoms with Gasteiger partial charge in [0.1, 0.15) is 6.04 Å². The van der Waals surface area contributed by atoms with Crippen LogP contribution in [0.2, 0.25) is 0 Å². The van der Waals surface area contributed by atoms with Gasteiger partial charge < -0.3 is 15.1 Å². The molecule has 0 saturated carbocycles. The second-order valence-corrected chi connectivity index (χ2v) is 8.20. The van der Waals surface area contributed by atoms with E-state index in [1.54, 1.807) is 23.9 Å². The van der Waals surface area contributed by atoms with Crippen LogP contribution in [0.15, 0.2) is 71.9 Å². The Morgan fingerprint density at radius 3 is 2.34 bits per heavy atom. The van der Waals surface area contributed by atoms with Crippen molar-refractivity contribution in [3.63, 3.8) is 0 Å². The number of benzene rings is 2. The molecular formula is C25H28N4O3. The Morgan fingerprint density at radius 2 is 1.72 bits per heavy atom. The smallest absolute Gasteiger partial charge is 0.322 e. The lowest BCUT2D eigenvalue weighted by Gasteiger charge is -2.31. The van der Waals surface area contributed by atoms with Crippen LogP contribution < -0.4 is 5.32 Å². The molecule has 0 aliphatic carbocycles. The lowest BCUT2D eigenvalue weighted by molar-refractivity contribution is -0.141. The molecule has 2 aliphatic heterocycles. The predicted molar refractivity (Wildman–Crippen MR) is 121 cm³/mol. The third kappa shape index (κ3) is 3.86. The highest BCUT2D eigenvalue weighted by Gasteiger charge is 2.46. The van der Waals surface area contributed by atoms with Crippen LogP contribution in [0.3, 0.4) is 0 Å². The maximum Gasteiger partial charge on any atom is 0.322 e. The van der Waals surface area contributed by atoms with E-state index in [1.807, 2.05) is 67.6 Å². The number of urea groups is 1. The Morgan fingerprint density at radius 1 is 1.09 bits per heavy atom. The van der Waals surface area contributed by atoms with E-state index in [4.69, 9.17) is 0 Å². The highest BCUT2D eigenvalue weighted by Crippen LogP contribution is 2.36. The van der Waals surface area contributed by atoms with Crippen LogP contribution in [-0.2, 0) is 16.0 Å². The highest BCUT2D eigenvalue weighted by atomic mass is 16.2. The molecule has 2 unspecified atom stereocenters. The van der Waals surface area contributed by atoms with Crippen molar-refractivity contribution >= 4 is 17.8 Å². The van der Waals surface area contributed by atoms with Crippen molar-refractivity contribution in [1.29, 1.82) is 0 Å². The molecule has 0 radical (unpaired) electrons. The fraction of sp³-hybridized carbons (Fsp3) is 0.320. The van der Waals surface area contributed by atoms with E-state index in [2.05, 4.69) is 5.32 Å². The van der Waals surface area contributed by atoms with Gasteiger partial charge in [0.15, 0.2) is 0 Å². The average molecular weight is 433 g/mol. The number of rotatable bonds is 6. The fourth-order valence-electron chi connectivity index (χ4n) is 4.31. The monoisotopic (exact) mass is 432 g/mol. The van der Waals surface area contributed by atoms with E-state index in [0.29, 0.717) is 24.2 Å². The molecule has 2 atom stereocenters. The van der Waals surface area contributed by atoms with E-state index < -0.39 is 12.1 Å². The summed E-state index contributed by atoms with van der Waals surface area (Å²) >= 11 is 0. The Hall–Kier alpha value is -3.61. The van der Waals surface area contributed by atoms with Crippen molar-refractivity contribution in [1.82, 2.24) is 20.0 Å². The Labute approximate surface area is 188 Å². The molecule has 2 aromatic carbocycles. The Balaban J connectivity index is 1.71. The van der Waals surface area contributed by atoms with Gasteiger partial charge in [-0.2, -0.15) is 0 Å². The van der Waals surface area contributed by atoms with Crippen LogP contribution in [0.25, 0.3) is 0 Å². The molecule has 0 aromatic heterocycles. The first-order valence-corrected chi connectivity index (χ1v) is 10.8. The molecule has 4 rings (SSSR count). The molecule has 7 nitrogen and oxygen atoms in total. The second kappa shape index (κ2) is 8.86. The van der Waals surface area contributed by atoms with Gasteiger partial charge in [-0.3, -0.25) is 14.5 Å². The normalized spacial score (nSPS) is 19.0. The molecule has 4 amide bonds. The topological polar surface area (TPSA) is 73.0 Å². The SMILES string of the molecule is CCN(C)C(=O)C(Cc1ccccc1)N1CC2=C(C1=O)C(c1ccccc1)NC(=O)N2C. The number of nitrogens with zero attached hydrogens (tertiary/aromatic N) is 3. The minimum atomic E-state index is -0.652. The second-order valence-electron chi connectivity index (χ2n) is 8.20. The average Bonchev–Trinajstić information content (AvgIpc) is 3.17. The van der Waals surface area contributed by atoms with Crippen molar-refractivity contribution in [2.24, 2.45) is 0 Å². The molecule has 0 saturated heterocycles. The minimum absolute atomic E-state index is 0.109. The number of carbonyl (C=O) groups is 3. The van der Waals surface area contributed by atoms with Gasteiger partial charge >= 0.3 is 6.03 Å². The zero-order valence-corrected chi connectivity index (χ0v) is 18.6. The van der Waals surface area contributed by atoms with Gasteiger partial charge in [0.25, 0.3) is 5.91 Å². The summed E-state index contributed by atoms with van der Waals surface area (Å²) in [6.45, 7) is 2.68. The summed E-state index contributed by atoms with van der Waals surface area (Å²) in [7, 11) is 3.41. The van der Waals surface area contributed by atoms with E-state index in [9.17, 15) is 14.4 Å². The van der Waals surface area contributed by atoms with Gasteiger partial charge in [0.2, 0.25) is 5.91 Å². The number of carbonyl (C=O) groups excluding carboxylic acids is 3. The van der Waals surface area contributed by atoms with E-state index in [0.717, 1.165) is 11.1 Å². The van der Waals surface area contributed by atoms with Gasteiger partial charge in [-0.25, -0.2) is 4.79 Å². The summed E-state index contributed by atoms with van der Waals surface area (Å²) in [5, 5.41) is 2.94. The van der Waals surface area contributed by atoms with Crippen LogP contribution >= 0.6 is 0 Å². The van der Waals surface area contributed by atoms with E-state index in [-0.39, 0.29) is 24.4 Å². The largest absolute Gasteiger partial charge is 0.344 e. The summed E-state index contributed by atoms with van der Waals surface area (Å²) in [5.74, 6) is -0.317. The van der Waals surface area contributed by atoms with Crippen LogP contribution in [0, 0.1) is 0 Å². The van der Waals surface area contributed by atoms with Crippen LogP contribution in [0.5, 0.6) is 0 Å². The number of amides is 4. The molecule has 166 valence electrons. The molecule has 0 fully saturated rings. The number of nitrogens with one attached hydrogen (secondary N) is 1. The summed E-state index contributed by atoms with van der Waals surface area (Å²) in [4.78, 5) is 44.5. The molecule has 0 spiro atoms. The van der Waals surface area contributed by atoms with Crippen molar-refractivity contribution < 1.29 is 14.4 Å². The highest BCUT2D eigenvalue weighted by molar-refractivity contribution is 6.03. The first-order valence-electron chi connectivity index (χ1n) is 10.8. The lowest BCUT2D eigenvalue weighted by atomic mass is 9.95. The van der Waals surface area contributed by atoms with E-state index >= 15 is 0 Å². The van der Waals surface area contributed by atoms with Gasteiger partial charge in [0, 0.05) is 27.1 Å². The van der Waals surface area contributed by atoms with Crippen LogP contribution in [0.4, 0.5) is 4.79 Å². The quantitative estimate of drug-likeness (QED) is 0.763. The van der Waals surface area contributed by atoms with Gasteiger partial charge in [-0.1, -0.05) is 60.7 Å². The zero-order valence-electron chi connectivity index (χ0n) is 18.6. The Kier molecular flexibility index (Phi) is 5.99. The summed E-state index contributed by atoms with van der Waals surface area (Å²) < 4.78 is 0. The first-order chi connectivity index (χ1) is 15.4. The summed E-state index contributed by atoms with van der Waals surface area (Å²) in [6.07, 6.45) is 0.414. The third-order valence-corrected chi connectivity index (χ3v) is 6.30. The number of hydrogen-bond donors (Lipinski definition) is 1. The fourth-order valence-corrected chi connectivity index (χ4v) is 4.31. The van der Waals surface area contributed by atoms with Crippen molar-refractivity contribution in [3.8, 4) is 0 Å². The van der Waals surface area contributed by atoms with Crippen molar-refractivity contribution in [3.05, 3.63) is 83.1 Å². The number of likely N-dealkylation sites (N-methyl/N-ethyl adjacent to an activating group) is 2. The molecule has 7 heteroatoms. The maximum atomic E-state index is 13.7. The van der Waals surface area contributed by atoms with Crippen molar-refractivity contribution in [2.45, 2.75) is 25.4 Å². The zero-order chi connectivity index (χ0) is 22.8. The molecule has 1 N–H and O–H groups in total. The molecule has 2 aromatic rings. The van der Waals surface area contributed by atoms with Gasteiger partial charge in [-0.15, -0.1) is 0 Å². The van der Waals surface area contributed by atoms with Crippen molar-refractivity contribution in [2.75, 3.05) is 27.2 Å². The first kappa shape index (κ1) is 21.6. The lowest BCUT2D eigenvalue weighted by Crippen LogP contribution is -2.50. The minimum Gasteiger partial charge on any atom is -0.344 e. The van der Waals surface area contributed by atoms with Crippen LogP contribution in [-0.4, -0.2) is 65.8 Å². The third-order valence-electron chi connectivity index (χ3n) is 6.30. The molecular weight excluding hydrogens is 404 g/mol. The molecule has 0 bridgehead atoms. The summed E-state index contributed by atoms with van der Waals surface area (Å²) in [6, 6.07) is 17.7. The van der Waals surface area contributed by atoms with Gasteiger partial charge in [-0.05, 0) is 18.1 Å². The standard InChI is InChI=1S/C25H28N4O3/c1-4-27(2)23(30)19(15-17-11-7-5-8-12-17)29-16-20-21(24(29)31)22(26-25(32)28(20)3)18-13-9-6-10-14-18/h5-14,19,22H,4,15-16H2,1-3H3,(H,26,32). The summed E-state index contributed by atoms with van der Waals surface area (Å²) in [5.41, 5.74) is 3.00. The molecule has 2 heterocycles. The van der Waals surface area contributed by atoms with E-state index in [1.165, 1.54) is 4.90 Å². The maximum absolute atomic E-state index is 13.7. The molecule has 2 aliphatic rings.